The Balaban J connectivity index is -0.000000180. The van der Waals surface area contributed by atoms with E-state index in [1.165, 1.54) is 0 Å². The molecule has 4 unspecified atom stereocenters. The summed E-state index contributed by atoms with van der Waals surface area (Å²) in [4.78, 5) is 0. The van der Waals surface area contributed by atoms with Crippen molar-refractivity contribution in [3.63, 3.8) is 0 Å². The maximum absolute atomic E-state index is 8.56. The van der Waals surface area contributed by atoms with Crippen molar-refractivity contribution < 1.29 is 37.5 Å². The Morgan fingerprint density at radius 3 is 0.733 bits per heavy atom. The van der Waals surface area contributed by atoms with E-state index in [0.29, 0.717) is 12.8 Å². The summed E-state index contributed by atoms with van der Waals surface area (Å²) in [6, 6.07) is 0. The Kier molecular flexibility index (Phi) is 17.2. The van der Waals surface area contributed by atoms with Crippen molar-refractivity contribution in [1.82, 2.24) is 0 Å². The van der Waals surface area contributed by atoms with Gasteiger partial charge in [-0.2, -0.15) is 0 Å². The zero-order valence-corrected chi connectivity index (χ0v) is 11.0. The molecule has 0 fully saturated rings. The zero-order chi connectivity index (χ0) is 11.7. The predicted octanol–water partition coefficient (Wildman–Crippen LogP) is 0.274. The first-order chi connectivity index (χ1) is 6.25. The summed E-state index contributed by atoms with van der Waals surface area (Å²) in [6.07, 6.45) is -0.556. The number of aliphatic hydroxyl groups excluding tert-OH is 4. The van der Waals surface area contributed by atoms with Gasteiger partial charge in [0.2, 0.25) is 0 Å². The van der Waals surface area contributed by atoms with Crippen molar-refractivity contribution in [3.05, 3.63) is 0 Å². The number of hydrogen-bond donors (Lipinski definition) is 4. The fourth-order valence-electron chi connectivity index (χ4n) is 0.987. The third-order valence-corrected chi connectivity index (χ3v) is 1.36. The molecule has 4 atom stereocenters. The van der Waals surface area contributed by atoms with Crippen LogP contribution in [0.15, 0.2) is 0 Å². The molecule has 0 heterocycles. The Labute approximate surface area is 103 Å². The van der Waals surface area contributed by atoms with Gasteiger partial charge < -0.3 is 20.4 Å². The molecular formula is C10H24FeO4+2. The van der Waals surface area contributed by atoms with Crippen molar-refractivity contribution in [1.29, 1.82) is 0 Å². The van der Waals surface area contributed by atoms with E-state index in [9.17, 15) is 0 Å². The van der Waals surface area contributed by atoms with E-state index in [1.807, 2.05) is 0 Å². The minimum atomic E-state index is -0.375. The summed E-state index contributed by atoms with van der Waals surface area (Å²) in [7, 11) is 0. The molecule has 0 aromatic rings. The van der Waals surface area contributed by atoms with Gasteiger partial charge in [-0.25, -0.2) is 0 Å². The van der Waals surface area contributed by atoms with Gasteiger partial charge in [0, 0.05) is 0 Å². The molecule has 0 aromatic carbocycles. The van der Waals surface area contributed by atoms with E-state index < -0.39 is 0 Å². The van der Waals surface area contributed by atoms with Gasteiger partial charge in [-0.3, -0.25) is 0 Å². The molecule has 0 saturated heterocycles. The van der Waals surface area contributed by atoms with E-state index in [-0.39, 0.29) is 41.5 Å². The quantitative estimate of drug-likeness (QED) is 0.550. The summed E-state index contributed by atoms with van der Waals surface area (Å²) < 4.78 is 0. The fourth-order valence-corrected chi connectivity index (χ4v) is 0.987. The molecule has 94 valence electrons. The van der Waals surface area contributed by atoms with Crippen LogP contribution in [0.4, 0.5) is 0 Å². The van der Waals surface area contributed by atoms with Gasteiger partial charge in [0.1, 0.15) is 0 Å². The molecule has 0 bridgehead atoms. The zero-order valence-electron chi connectivity index (χ0n) is 9.87. The Hall–Kier alpha value is 0.359. The second-order valence-corrected chi connectivity index (χ2v) is 3.87. The standard InChI is InChI=1S/2C5H12O2.Fe/c2*1-4(6)3-5(2)7;/h2*4-7H,3H2,1-2H3;/q;;+2. The third-order valence-electron chi connectivity index (χ3n) is 1.36. The second-order valence-electron chi connectivity index (χ2n) is 3.87. The van der Waals surface area contributed by atoms with Gasteiger partial charge >= 0.3 is 17.1 Å². The summed E-state index contributed by atoms with van der Waals surface area (Å²) in [5.41, 5.74) is 0. The average Bonchev–Trinajstić information content (AvgIpc) is 1.79. The third kappa shape index (κ3) is 31.4. The van der Waals surface area contributed by atoms with Gasteiger partial charge in [0.25, 0.3) is 0 Å². The van der Waals surface area contributed by atoms with Gasteiger partial charge in [-0.1, -0.05) is 0 Å². The molecular weight excluding hydrogens is 240 g/mol. The van der Waals surface area contributed by atoms with Crippen LogP contribution in [0, 0.1) is 0 Å². The normalized spacial score (nSPS) is 17.6. The molecule has 0 aliphatic rings. The van der Waals surface area contributed by atoms with E-state index in [0.717, 1.165) is 0 Å². The largest absolute Gasteiger partial charge is 2.00 e. The summed E-state index contributed by atoms with van der Waals surface area (Å²) in [5, 5.41) is 34.3. The van der Waals surface area contributed by atoms with Crippen LogP contribution < -0.4 is 0 Å². The van der Waals surface area contributed by atoms with Crippen LogP contribution in [-0.4, -0.2) is 44.8 Å². The molecule has 0 saturated carbocycles. The molecule has 4 nitrogen and oxygen atoms in total. The van der Waals surface area contributed by atoms with Crippen molar-refractivity contribution in [2.75, 3.05) is 0 Å². The van der Waals surface area contributed by atoms with Gasteiger partial charge in [-0.05, 0) is 40.5 Å². The van der Waals surface area contributed by atoms with E-state index >= 15 is 0 Å². The van der Waals surface area contributed by atoms with Crippen molar-refractivity contribution in [3.8, 4) is 0 Å². The molecule has 0 radical (unpaired) electrons. The van der Waals surface area contributed by atoms with Crippen LogP contribution in [-0.2, 0) is 17.1 Å². The first-order valence-electron chi connectivity index (χ1n) is 4.98. The Bertz CT molecular complexity index is 90.0. The Morgan fingerprint density at radius 2 is 0.733 bits per heavy atom. The predicted molar refractivity (Wildman–Crippen MR) is 56.0 cm³/mol. The summed E-state index contributed by atoms with van der Waals surface area (Å²) in [6.45, 7) is 6.64. The number of rotatable bonds is 4. The molecule has 15 heavy (non-hydrogen) atoms. The van der Waals surface area contributed by atoms with Gasteiger partial charge in [0.15, 0.2) is 0 Å². The first kappa shape index (κ1) is 20.7. The average molecular weight is 264 g/mol. The van der Waals surface area contributed by atoms with Crippen LogP contribution in [0.2, 0.25) is 0 Å². The number of aliphatic hydroxyl groups is 4. The SMILES string of the molecule is CC(O)CC(C)O.CC(O)CC(C)O.[Fe+2]. The topological polar surface area (TPSA) is 80.9 Å². The second kappa shape index (κ2) is 12.4. The smallest absolute Gasteiger partial charge is 0.393 e. The van der Waals surface area contributed by atoms with Gasteiger partial charge in [0.05, 0.1) is 24.4 Å². The minimum absolute atomic E-state index is 0. The van der Waals surface area contributed by atoms with Gasteiger partial charge in [-0.15, -0.1) is 0 Å². The van der Waals surface area contributed by atoms with Crippen LogP contribution >= 0.6 is 0 Å². The van der Waals surface area contributed by atoms with Crippen molar-refractivity contribution in [2.45, 2.75) is 65.0 Å². The molecule has 0 aliphatic heterocycles. The molecule has 0 aliphatic carbocycles. The minimum Gasteiger partial charge on any atom is -0.393 e. The van der Waals surface area contributed by atoms with Crippen molar-refractivity contribution in [2.24, 2.45) is 0 Å². The molecule has 0 spiro atoms. The molecule has 5 heteroatoms. The molecule has 0 amide bonds. The van der Waals surface area contributed by atoms with E-state index in [4.69, 9.17) is 20.4 Å². The van der Waals surface area contributed by atoms with Crippen LogP contribution in [0.3, 0.4) is 0 Å². The van der Waals surface area contributed by atoms with Crippen LogP contribution in [0.25, 0.3) is 0 Å². The van der Waals surface area contributed by atoms with Crippen LogP contribution in [0.5, 0.6) is 0 Å². The summed E-state index contributed by atoms with van der Waals surface area (Å²) in [5.74, 6) is 0. The van der Waals surface area contributed by atoms with E-state index in [1.54, 1.807) is 27.7 Å². The first-order valence-corrected chi connectivity index (χ1v) is 4.98. The fraction of sp³-hybridized carbons (Fsp3) is 1.00. The van der Waals surface area contributed by atoms with Crippen LogP contribution in [0.1, 0.15) is 40.5 Å². The summed E-state index contributed by atoms with van der Waals surface area (Å²) >= 11 is 0. The Morgan fingerprint density at radius 1 is 0.600 bits per heavy atom. The van der Waals surface area contributed by atoms with Crippen molar-refractivity contribution >= 4 is 0 Å². The maximum Gasteiger partial charge on any atom is 2.00 e. The van der Waals surface area contributed by atoms with E-state index in [2.05, 4.69) is 0 Å². The molecule has 0 aromatic heterocycles. The molecule has 4 N–H and O–H groups in total. The monoisotopic (exact) mass is 264 g/mol. The number of hydrogen-bond acceptors (Lipinski definition) is 4. The molecule has 0 rings (SSSR count). The maximum atomic E-state index is 8.56.